The van der Waals surface area contributed by atoms with Crippen LogP contribution < -0.4 is 34.7 Å². The number of rotatable bonds is 18. The predicted octanol–water partition coefficient (Wildman–Crippen LogP) is 2.96. The van der Waals surface area contributed by atoms with Crippen molar-refractivity contribution in [2.75, 3.05) is 6.61 Å². The maximum absolute atomic E-state index is 12.1. The van der Waals surface area contributed by atoms with Gasteiger partial charge in [-0.05, 0) is 19.3 Å². The van der Waals surface area contributed by atoms with E-state index < -0.39 is 17.8 Å². The maximum atomic E-state index is 12.1. The Morgan fingerprint density at radius 1 is 0.700 bits per heavy atom. The van der Waals surface area contributed by atoms with E-state index in [2.05, 4.69) is 6.92 Å². The van der Waals surface area contributed by atoms with E-state index in [1.54, 1.807) is 0 Å². The van der Waals surface area contributed by atoms with Gasteiger partial charge in [0, 0.05) is 11.9 Å². The molecule has 0 aromatic heterocycles. The quantitative estimate of drug-likeness (QED) is 0.190. The Bertz CT molecular complexity index is 427. The molecule has 0 spiro atoms. The van der Waals surface area contributed by atoms with E-state index in [-0.39, 0.29) is 35.5 Å². The van der Waals surface area contributed by atoms with Crippen molar-refractivity contribution in [3.8, 4) is 0 Å². The number of esters is 1. The summed E-state index contributed by atoms with van der Waals surface area (Å²) in [6, 6.07) is 0. The monoisotopic (exact) mass is 432 g/mol. The number of ether oxygens (including phenoxy) is 1. The van der Waals surface area contributed by atoms with Gasteiger partial charge in [-0.1, -0.05) is 110 Å². The van der Waals surface area contributed by atoms with E-state index in [4.69, 9.17) is 4.74 Å². The van der Waals surface area contributed by atoms with Gasteiger partial charge in [-0.2, -0.15) is 0 Å². The first-order valence-electron chi connectivity index (χ1n) is 12.5. The van der Waals surface area contributed by atoms with Crippen LogP contribution in [0.5, 0.6) is 0 Å². The molecule has 0 heterocycles. The second-order valence-corrected chi connectivity index (χ2v) is 8.93. The Hall–Kier alpha value is -0.0600. The van der Waals surface area contributed by atoms with Crippen molar-refractivity contribution in [2.24, 2.45) is 11.8 Å². The minimum Gasteiger partial charge on any atom is -0.550 e. The van der Waals surface area contributed by atoms with Crippen LogP contribution in [0.4, 0.5) is 0 Å². The van der Waals surface area contributed by atoms with Crippen molar-refractivity contribution in [2.45, 2.75) is 129 Å². The Kier molecular flexibility index (Phi) is 20.8. The first-order valence-corrected chi connectivity index (χ1v) is 12.5. The molecular formula is C25H45NaO4. The summed E-state index contributed by atoms with van der Waals surface area (Å²) >= 11 is 0. The van der Waals surface area contributed by atoms with Crippen LogP contribution in [0.2, 0.25) is 0 Å². The molecule has 170 valence electrons. The third-order valence-electron chi connectivity index (χ3n) is 6.36. The van der Waals surface area contributed by atoms with Crippen molar-refractivity contribution in [1.82, 2.24) is 0 Å². The Morgan fingerprint density at radius 2 is 1.10 bits per heavy atom. The van der Waals surface area contributed by atoms with Gasteiger partial charge in [0.05, 0.1) is 12.5 Å². The van der Waals surface area contributed by atoms with Crippen LogP contribution in [0, 0.1) is 11.8 Å². The van der Waals surface area contributed by atoms with Crippen molar-refractivity contribution >= 4 is 11.9 Å². The van der Waals surface area contributed by atoms with E-state index in [1.807, 2.05) is 0 Å². The molecule has 0 saturated heterocycles. The van der Waals surface area contributed by atoms with Gasteiger partial charge in [0.1, 0.15) is 0 Å². The zero-order valence-corrected chi connectivity index (χ0v) is 21.9. The summed E-state index contributed by atoms with van der Waals surface area (Å²) in [6.45, 7) is 2.69. The zero-order valence-electron chi connectivity index (χ0n) is 19.9. The molecule has 0 radical (unpaired) electrons. The smallest absolute Gasteiger partial charge is 0.550 e. The van der Waals surface area contributed by atoms with E-state index in [0.717, 1.165) is 25.7 Å². The summed E-state index contributed by atoms with van der Waals surface area (Å²) < 4.78 is 5.35. The van der Waals surface area contributed by atoms with Gasteiger partial charge >= 0.3 is 35.5 Å². The Labute approximate surface area is 207 Å². The van der Waals surface area contributed by atoms with E-state index in [0.29, 0.717) is 19.4 Å². The average Bonchev–Trinajstić information content (AvgIpc) is 2.73. The predicted molar refractivity (Wildman–Crippen MR) is 116 cm³/mol. The van der Waals surface area contributed by atoms with Crippen LogP contribution in [-0.4, -0.2) is 18.5 Å². The molecule has 0 aromatic carbocycles. The van der Waals surface area contributed by atoms with Crippen LogP contribution in [0.1, 0.15) is 129 Å². The third kappa shape index (κ3) is 14.9. The maximum Gasteiger partial charge on any atom is 1.00 e. The molecule has 1 aliphatic rings. The van der Waals surface area contributed by atoms with Crippen molar-refractivity contribution in [3.05, 3.63) is 0 Å². The summed E-state index contributed by atoms with van der Waals surface area (Å²) in [7, 11) is 0. The number of hydrogen-bond donors (Lipinski definition) is 0. The first kappa shape index (κ1) is 29.9. The van der Waals surface area contributed by atoms with Gasteiger partial charge in [0.15, 0.2) is 0 Å². The van der Waals surface area contributed by atoms with Gasteiger partial charge in [0.25, 0.3) is 0 Å². The van der Waals surface area contributed by atoms with Gasteiger partial charge in [0.2, 0.25) is 0 Å². The normalized spacial score (nSPS) is 18.6. The van der Waals surface area contributed by atoms with Crippen molar-refractivity contribution in [1.29, 1.82) is 0 Å². The topological polar surface area (TPSA) is 66.4 Å². The zero-order chi connectivity index (χ0) is 21.2. The molecule has 2 atom stereocenters. The molecule has 30 heavy (non-hydrogen) atoms. The van der Waals surface area contributed by atoms with Gasteiger partial charge in [-0.3, -0.25) is 4.79 Å². The van der Waals surface area contributed by atoms with Crippen LogP contribution in [-0.2, 0) is 14.3 Å². The van der Waals surface area contributed by atoms with Gasteiger partial charge in [-0.15, -0.1) is 0 Å². The molecule has 4 nitrogen and oxygen atoms in total. The molecule has 0 N–H and O–H groups in total. The van der Waals surface area contributed by atoms with Gasteiger partial charge < -0.3 is 14.6 Å². The van der Waals surface area contributed by atoms with Crippen LogP contribution >= 0.6 is 0 Å². The summed E-state index contributed by atoms with van der Waals surface area (Å²) in [4.78, 5) is 23.3. The molecule has 0 bridgehead atoms. The fourth-order valence-corrected chi connectivity index (χ4v) is 4.45. The largest absolute Gasteiger partial charge is 1.00 e. The summed E-state index contributed by atoms with van der Waals surface area (Å²) in [5, 5.41) is 11.2. The standard InChI is InChI=1S/C25H46O4.Na/c1-2-3-4-5-6-7-8-9-10-11-12-13-14-15-18-21-29-25(28)23-20-17-16-19-22(23)24(26)27;/h22-23H,2-21H2,1H3,(H,26,27);/q;+1/p-1. The number of carboxylic acids is 1. The average molecular weight is 433 g/mol. The molecular weight excluding hydrogens is 387 g/mol. The van der Waals surface area contributed by atoms with Crippen LogP contribution in [0.15, 0.2) is 0 Å². The molecule has 5 heteroatoms. The SMILES string of the molecule is CCCCCCCCCCCCCCCCCOC(=O)C1CCCCC1C(=O)[O-].[Na+]. The molecule has 0 aliphatic heterocycles. The van der Waals surface area contributed by atoms with Crippen LogP contribution in [0.3, 0.4) is 0 Å². The summed E-state index contributed by atoms with van der Waals surface area (Å²) in [5.74, 6) is -2.58. The minimum absolute atomic E-state index is 0. The first-order chi connectivity index (χ1) is 14.2. The number of hydrogen-bond acceptors (Lipinski definition) is 4. The molecule has 0 aromatic rings. The summed E-state index contributed by atoms with van der Waals surface area (Å²) in [6.07, 6.45) is 22.5. The van der Waals surface area contributed by atoms with Crippen molar-refractivity contribution in [3.63, 3.8) is 0 Å². The molecule has 2 unspecified atom stereocenters. The number of carboxylic acid groups (broad SMARTS) is 1. The Balaban J connectivity index is 0.00000841. The molecule has 1 fully saturated rings. The second-order valence-electron chi connectivity index (χ2n) is 8.93. The van der Waals surface area contributed by atoms with E-state index >= 15 is 0 Å². The minimum atomic E-state index is -1.10. The fraction of sp³-hybridized carbons (Fsp3) is 0.920. The molecule has 1 saturated carbocycles. The van der Waals surface area contributed by atoms with E-state index in [1.165, 1.54) is 83.5 Å². The number of carbonyl (C=O) groups is 2. The van der Waals surface area contributed by atoms with Crippen LogP contribution in [0.25, 0.3) is 0 Å². The number of unbranched alkanes of at least 4 members (excludes halogenated alkanes) is 14. The molecule has 1 rings (SSSR count). The number of aliphatic carboxylic acids is 1. The van der Waals surface area contributed by atoms with Crippen molar-refractivity contribution < 1.29 is 49.0 Å². The molecule has 0 amide bonds. The summed E-state index contributed by atoms with van der Waals surface area (Å²) in [5.41, 5.74) is 0. The Morgan fingerprint density at radius 3 is 1.53 bits per heavy atom. The van der Waals surface area contributed by atoms with Gasteiger partial charge in [-0.25, -0.2) is 0 Å². The third-order valence-corrected chi connectivity index (χ3v) is 6.36. The fourth-order valence-electron chi connectivity index (χ4n) is 4.45. The number of carbonyl (C=O) groups excluding carboxylic acids is 2. The van der Waals surface area contributed by atoms with E-state index in [9.17, 15) is 14.7 Å². The molecule has 1 aliphatic carbocycles. The second kappa shape index (κ2) is 20.8.